The van der Waals surface area contributed by atoms with Gasteiger partial charge in [-0.15, -0.1) is 0 Å². The molecule has 0 amide bonds. The Morgan fingerprint density at radius 2 is 1.14 bits per heavy atom. The predicted molar refractivity (Wildman–Crippen MR) is 118 cm³/mol. The zero-order chi connectivity index (χ0) is 20.7. The van der Waals surface area contributed by atoms with Gasteiger partial charge in [0.15, 0.2) is 0 Å². The van der Waals surface area contributed by atoms with E-state index in [0.29, 0.717) is 23.3 Å². The Morgan fingerprint density at radius 3 is 1.64 bits per heavy atom. The predicted octanol–water partition coefficient (Wildman–Crippen LogP) is 7.13. The van der Waals surface area contributed by atoms with Gasteiger partial charge >= 0.3 is 0 Å². The van der Waals surface area contributed by atoms with Crippen LogP contribution in [0.2, 0.25) is 0 Å². The van der Waals surface area contributed by atoms with Gasteiger partial charge in [0.2, 0.25) is 0 Å². The van der Waals surface area contributed by atoms with Crippen LogP contribution in [0.1, 0.15) is 101 Å². The largest absolute Gasteiger partial charge is 0.508 e. The highest BCUT2D eigenvalue weighted by atomic mass is 16.3. The normalized spacial score (nSPS) is 20.9. The standard InChI is InChI=1S/C26H36O2/c1-25(2,3)23-21(15-16-22(28)24(23)26(4,5)6)19-9-7-17(8-10-19)18-11-13-20(27)14-12-18/h11-17,19,27-28H,7-10H2,1-6H3. The van der Waals surface area contributed by atoms with Crippen molar-refractivity contribution in [1.82, 2.24) is 0 Å². The zero-order valence-electron chi connectivity index (χ0n) is 18.3. The van der Waals surface area contributed by atoms with E-state index in [2.05, 4.69) is 59.7 Å². The van der Waals surface area contributed by atoms with Crippen molar-refractivity contribution in [3.8, 4) is 11.5 Å². The number of hydrogen-bond donors (Lipinski definition) is 2. The van der Waals surface area contributed by atoms with Crippen LogP contribution in [-0.4, -0.2) is 10.2 Å². The maximum Gasteiger partial charge on any atom is 0.119 e. The lowest BCUT2D eigenvalue weighted by Crippen LogP contribution is -2.26. The number of phenolic OH excluding ortho intramolecular Hbond substituents is 2. The highest BCUT2D eigenvalue weighted by Crippen LogP contribution is 2.48. The summed E-state index contributed by atoms with van der Waals surface area (Å²) in [6, 6.07) is 11.8. The second kappa shape index (κ2) is 7.46. The molecular weight excluding hydrogens is 344 g/mol. The lowest BCUT2D eigenvalue weighted by Gasteiger charge is -2.37. The van der Waals surface area contributed by atoms with Gasteiger partial charge < -0.3 is 10.2 Å². The molecule has 2 aromatic carbocycles. The molecule has 1 saturated carbocycles. The Morgan fingerprint density at radius 1 is 0.643 bits per heavy atom. The molecule has 0 aromatic heterocycles. The average Bonchev–Trinajstić information content (AvgIpc) is 2.60. The van der Waals surface area contributed by atoms with Gasteiger partial charge in [-0.25, -0.2) is 0 Å². The van der Waals surface area contributed by atoms with Crippen molar-refractivity contribution in [2.24, 2.45) is 0 Å². The lowest BCUT2D eigenvalue weighted by molar-refractivity contribution is 0.385. The second-order valence-electron chi connectivity index (χ2n) is 10.6. The highest BCUT2D eigenvalue weighted by Gasteiger charge is 2.34. The Labute approximate surface area is 170 Å². The Kier molecular flexibility index (Phi) is 5.53. The molecule has 0 aliphatic heterocycles. The molecular formula is C26H36O2. The molecule has 2 nitrogen and oxygen atoms in total. The molecule has 0 bridgehead atoms. The van der Waals surface area contributed by atoms with E-state index in [1.807, 2.05) is 6.07 Å². The van der Waals surface area contributed by atoms with Crippen LogP contribution in [0.5, 0.6) is 11.5 Å². The van der Waals surface area contributed by atoms with Gasteiger partial charge in [0.1, 0.15) is 11.5 Å². The van der Waals surface area contributed by atoms with E-state index in [0.717, 1.165) is 5.56 Å². The smallest absolute Gasteiger partial charge is 0.119 e. The summed E-state index contributed by atoms with van der Waals surface area (Å²) >= 11 is 0. The highest BCUT2D eigenvalue weighted by molar-refractivity contribution is 5.52. The molecule has 2 N–H and O–H groups in total. The van der Waals surface area contributed by atoms with Crippen molar-refractivity contribution < 1.29 is 10.2 Å². The first-order valence-corrected chi connectivity index (χ1v) is 10.6. The van der Waals surface area contributed by atoms with E-state index in [9.17, 15) is 10.2 Å². The zero-order valence-corrected chi connectivity index (χ0v) is 18.3. The van der Waals surface area contributed by atoms with E-state index >= 15 is 0 Å². The maximum atomic E-state index is 10.7. The summed E-state index contributed by atoms with van der Waals surface area (Å²) in [5.74, 6) is 1.89. The van der Waals surface area contributed by atoms with E-state index < -0.39 is 0 Å². The molecule has 2 heteroatoms. The minimum atomic E-state index is -0.0913. The van der Waals surface area contributed by atoms with Crippen LogP contribution in [0.25, 0.3) is 0 Å². The first-order valence-electron chi connectivity index (χ1n) is 10.6. The Hall–Kier alpha value is -1.96. The summed E-state index contributed by atoms with van der Waals surface area (Å²) in [5.41, 5.74) is 5.12. The monoisotopic (exact) mass is 380 g/mol. The topological polar surface area (TPSA) is 40.5 Å². The molecule has 0 spiro atoms. The van der Waals surface area contributed by atoms with Gasteiger partial charge in [-0.3, -0.25) is 0 Å². The van der Waals surface area contributed by atoms with Crippen LogP contribution in [0, 0.1) is 0 Å². The van der Waals surface area contributed by atoms with E-state index in [1.54, 1.807) is 12.1 Å². The van der Waals surface area contributed by atoms with E-state index in [1.165, 1.54) is 42.4 Å². The quantitative estimate of drug-likeness (QED) is 0.581. The fourth-order valence-corrected chi connectivity index (χ4v) is 5.00. The van der Waals surface area contributed by atoms with Crippen LogP contribution in [-0.2, 0) is 10.8 Å². The second-order valence-corrected chi connectivity index (χ2v) is 10.6. The molecule has 2 aromatic rings. The third-order valence-electron chi connectivity index (χ3n) is 6.25. The van der Waals surface area contributed by atoms with E-state index in [4.69, 9.17) is 0 Å². The molecule has 1 aliphatic carbocycles. The SMILES string of the molecule is CC(C)(C)c1c(O)ccc(C2CCC(c3ccc(O)cc3)CC2)c1C(C)(C)C. The summed E-state index contributed by atoms with van der Waals surface area (Å²) in [6.07, 6.45) is 4.68. The minimum Gasteiger partial charge on any atom is -0.508 e. The number of hydrogen-bond acceptors (Lipinski definition) is 2. The van der Waals surface area contributed by atoms with Crippen LogP contribution in [0.4, 0.5) is 0 Å². The summed E-state index contributed by atoms with van der Waals surface area (Å²) in [4.78, 5) is 0. The molecule has 152 valence electrons. The number of aromatic hydroxyl groups is 2. The van der Waals surface area contributed by atoms with Crippen molar-refractivity contribution in [2.75, 3.05) is 0 Å². The van der Waals surface area contributed by atoms with Crippen molar-refractivity contribution in [3.63, 3.8) is 0 Å². The van der Waals surface area contributed by atoms with Crippen molar-refractivity contribution in [2.45, 2.75) is 89.9 Å². The number of rotatable bonds is 2. The van der Waals surface area contributed by atoms with Gasteiger partial charge in [-0.05, 0) is 83.2 Å². The average molecular weight is 381 g/mol. The minimum absolute atomic E-state index is 0.00943. The van der Waals surface area contributed by atoms with Crippen LogP contribution >= 0.6 is 0 Å². The Bertz CT molecular complexity index is 811. The number of phenols is 2. The third kappa shape index (κ3) is 4.21. The summed E-state index contributed by atoms with van der Waals surface area (Å²) < 4.78 is 0. The van der Waals surface area contributed by atoms with Crippen molar-refractivity contribution in [1.29, 1.82) is 0 Å². The summed E-state index contributed by atoms with van der Waals surface area (Å²) in [5, 5.41) is 20.3. The van der Waals surface area contributed by atoms with Gasteiger partial charge in [-0.1, -0.05) is 59.7 Å². The molecule has 0 unspecified atom stereocenters. The van der Waals surface area contributed by atoms with Crippen LogP contribution in [0.3, 0.4) is 0 Å². The molecule has 0 atom stereocenters. The number of benzene rings is 2. The molecule has 0 heterocycles. The summed E-state index contributed by atoms with van der Waals surface area (Å²) in [6.45, 7) is 13.4. The van der Waals surface area contributed by atoms with Crippen molar-refractivity contribution >= 4 is 0 Å². The first kappa shape index (κ1) is 20.8. The maximum absolute atomic E-state index is 10.7. The molecule has 3 rings (SSSR count). The van der Waals surface area contributed by atoms with Gasteiger partial charge in [0.25, 0.3) is 0 Å². The molecule has 1 aliphatic rings. The summed E-state index contributed by atoms with van der Waals surface area (Å²) in [7, 11) is 0. The Balaban J connectivity index is 1.92. The fourth-order valence-electron chi connectivity index (χ4n) is 5.00. The molecule has 0 radical (unpaired) electrons. The van der Waals surface area contributed by atoms with Crippen LogP contribution < -0.4 is 0 Å². The molecule has 1 fully saturated rings. The van der Waals surface area contributed by atoms with Gasteiger partial charge in [0.05, 0.1) is 0 Å². The molecule has 28 heavy (non-hydrogen) atoms. The first-order chi connectivity index (χ1) is 13.0. The molecule has 0 saturated heterocycles. The van der Waals surface area contributed by atoms with Crippen LogP contribution in [0.15, 0.2) is 36.4 Å². The third-order valence-corrected chi connectivity index (χ3v) is 6.25. The fraction of sp³-hybridized carbons (Fsp3) is 0.538. The van der Waals surface area contributed by atoms with Gasteiger partial charge in [-0.2, -0.15) is 0 Å². The van der Waals surface area contributed by atoms with E-state index in [-0.39, 0.29) is 10.8 Å². The van der Waals surface area contributed by atoms with Gasteiger partial charge in [0, 0.05) is 5.56 Å². The lowest BCUT2D eigenvalue weighted by atomic mass is 9.68. The van der Waals surface area contributed by atoms with Crippen molar-refractivity contribution in [3.05, 3.63) is 58.7 Å².